The number of anilines is 2. The van der Waals surface area contributed by atoms with Gasteiger partial charge in [-0.05, 0) is 43.5 Å². The molecule has 154 valence electrons. The topological polar surface area (TPSA) is 147 Å². The van der Waals surface area contributed by atoms with E-state index in [1.54, 1.807) is 22.9 Å². The maximum atomic E-state index is 11.4. The van der Waals surface area contributed by atoms with Crippen molar-refractivity contribution in [2.24, 2.45) is 4.99 Å². The van der Waals surface area contributed by atoms with E-state index in [1.807, 2.05) is 25.1 Å². The van der Waals surface area contributed by atoms with Crippen LogP contribution in [0.4, 0.5) is 11.5 Å². The van der Waals surface area contributed by atoms with E-state index < -0.39 is 5.69 Å². The number of aryl methyl sites for hydroxylation is 1. The van der Waals surface area contributed by atoms with Gasteiger partial charge in [0.1, 0.15) is 11.5 Å². The Labute approximate surface area is 175 Å². The minimum Gasteiger partial charge on any atom is -0.493 e. The van der Waals surface area contributed by atoms with E-state index in [4.69, 9.17) is 4.99 Å². The summed E-state index contributed by atoms with van der Waals surface area (Å²) in [6.45, 7) is 1.88. The van der Waals surface area contributed by atoms with Crippen LogP contribution in [0, 0.1) is 18.3 Å². The highest BCUT2D eigenvalue weighted by Crippen LogP contribution is 2.23. The Morgan fingerprint density at radius 3 is 2.90 bits per heavy atom. The molecule has 1 aliphatic carbocycles. The van der Waals surface area contributed by atoms with Crippen molar-refractivity contribution in [2.45, 2.75) is 25.8 Å². The maximum Gasteiger partial charge on any atom is 0.326 e. The fourth-order valence-electron chi connectivity index (χ4n) is 3.23. The lowest BCUT2D eigenvalue weighted by atomic mass is 10.1. The molecule has 0 amide bonds. The SMILES string of the molecule is Cc1ccc(Nc2cc(=NC3CC3)n3nc/c(=C\c4[nH]c(=O)[nH]c4O)c3n2)cc1C#N. The standard InChI is InChI=1S/C21H18N8O2/c1-11-2-3-15(6-12(11)9-22)24-17-8-18(25-14-4-5-14)29-19(27-17)13(10-23-29)7-16-20(30)28-21(31)26-16/h2-3,6-8,10,14,24,30H,4-5H2,1H3,(H2,26,28,31)/b13-7+,25-18?. The summed E-state index contributed by atoms with van der Waals surface area (Å²) in [6, 6.07) is 9.78. The Balaban J connectivity index is 1.66. The highest BCUT2D eigenvalue weighted by atomic mass is 16.3. The van der Waals surface area contributed by atoms with Gasteiger partial charge in [-0.25, -0.2) is 9.78 Å². The van der Waals surface area contributed by atoms with Gasteiger partial charge in [0.25, 0.3) is 0 Å². The fraction of sp³-hybridized carbons (Fsp3) is 0.190. The first-order valence-corrected chi connectivity index (χ1v) is 9.73. The summed E-state index contributed by atoms with van der Waals surface area (Å²) in [5, 5.41) is 27.4. The molecule has 31 heavy (non-hydrogen) atoms. The number of aromatic nitrogens is 5. The van der Waals surface area contributed by atoms with E-state index in [0.717, 1.165) is 24.1 Å². The Morgan fingerprint density at radius 1 is 1.35 bits per heavy atom. The Hall–Kier alpha value is -4.39. The van der Waals surface area contributed by atoms with Gasteiger partial charge >= 0.3 is 5.69 Å². The van der Waals surface area contributed by atoms with E-state index in [-0.39, 0.29) is 17.6 Å². The summed E-state index contributed by atoms with van der Waals surface area (Å²) < 4.78 is 1.63. The van der Waals surface area contributed by atoms with Crippen LogP contribution in [0.25, 0.3) is 11.7 Å². The molecule has 1 fully saturated rings. The summed E-state index contributed by atoms with van der Waals surface area (Å²) in [5.74, 6) is 0.284. The highest BCUT2D eigenvalue weighted by Gasteiger charge is 2.20. The third-order valence-electron chi connectivity index (χ3n) is 5.01. The minimum atomic E-state index is -0.507. The third kappa shape index (κ3) is 3.64. The van der Waals surface area contributed by atoms with Crippen molar-refractivity contribution >= 4 is 23.2 Å². The molecule has 3 heterocycles. The monoisotopic (exact) mass is 414 g/mol. The first-order chi connectivity index (χ1) is 15.0. The number of imidazole rings is 1. The van der Waals surface area contributed by atoms with E-state index >= 15 is 0 Å². The Kier molecular flexibility index (Phi) is 4.29. The molecule has 3 aromatic heterocycles. The van der Waals surface area contributed by atoms with Crippen LogP contribution in [0.3, 0.4) is 0 Å². The van der Waals surface area contributed by atoms with Gasteiger partial charge in [0, 0.05) is 17.0 Å². The molecule has 0 saturated heterocycles. The second-order valence-corrected chi connectivity index (χ2v) is 7.45. The van der Waals surface area contributed by atoms with Gasteiger partial charge in [0.15, 0.2) is 11.1 Å². The summed E-state index contributed by atoms with van der Waals surface area (Å²) in [7, 11) is 0. The molecule has 1 saturated carbocycles. The van der Waals surface area contributed by atoms with E-state index in [1.165, 1.54) is 0 Å². The molecule has 0 radical (unpaired) electrons. The molecule has 0 atom stereocenters. The van der Waals surface area contributed by atoms with Crippen LogP contribution in [0.5, 0.6) is 5.88 Å². The molecule has 0 aliphatic heterocycles. The number of nitrogens with one attached hydrogen (secondary N) is 3. The number of benzene rings is 1. The van der Waals surface area contributed by atoms with E-state index in [9.17, 15) is 15.2 Å². The predicted octanol–water partition coefficient (Wildman–Crippen LogP) is 0.986. The number of nitriles is 1. The van der Waals surface area contributed by atoms with Crippen LogP contribution in [0.1, 0.15) is 29.7 Å². The van der Waals surface area contributed by atoms with Crippen molar-refractivity contribution in [3.63, 3.8) is 0 Å². The fourth-order valence-corrected chi connectivity index (χ4v) is 3.23. The average Bonchev–Trinajstić information content (AvgIpc) is 3.38. The predicted molar refractivity (Wildman–Crippen MR) is 113 cm³/mol. The number of hydrogen-bond donors (Lipinski definition) is 4. The number of aromatic amines is 2. The summed E-state index contributed by atoms with van der Waals surface area (Å²) >= 11 is 0. The summed E-state index contributed by atoms with van der Waals surface area (Å²) in [6.07, 6.45) is 5.26. The van der Waals surface area contributed by atoms with Crippen molar-refractivity contribution in [1.82, 2.24) is 24.6 Å². The Bertz CT molecular complexity index is 1530. The normalized spacial score (nSPS) is 14.8. The van der Waals surface area contributed by atoms with Gasteiger partial charge in [-0.3, -0.25) is 9.98 Å². The number of hydrogen-bond acceptors (Lipinski definition) is 7. The van der Waals surface area contributed by atoms with Crippen LogP contribution in [0.15, 0.2) is 40.2 Å². The molecule has 1 aliphatic rings. The molecule has 0 unspecified atom stereocenters. The summed E-state index contributed by atoms with van der Waals surface area (Å²) in [4.78, 5) is 25.6. The average molecular weight is 414 g/mol. The first-order valence-electron chi connectivity index (χ1n) is 9.73. The smallest absolute Gasteiger partial charge is 0.326 e. The van der Waals surface area contributed by atoms with Gasteiger partial charge in [0.2, 0.25) is 5.88 Å². The maximum absolute atomic E-state index is 11.4. The number of nitrogens with zero attached hydrogens (tertiary/aromatic N) is 5. The van der Waals surface area contributed by atoms with Gasteiger partial charge in [0.05, 0.1) is 23.9 Å². The van der Waals surface area contributed by atoms with Gasteiger partial charge in [-0.15, -0.1) is 0 Å². The van der Waals surface area contributed by atoms with Crippen molar-refractivity contribution in [1.29, 1.82) is 5.26 Å². The zero-order valence-electron chi connectivity index (χ0n) is 16.5. The first kappa shape index (κ1) is 18.6. The zero-order chi connectivity index (χ0) is 21.5. The van der Waals surface area contributed by atoms with Crippen molar-refractivity contribution < 1.29 is 5.11 Å². The van der Waals surface area contributed by atoms with Crippen molar-refractivity contribution in [3.05, 3.63) is 68.5 Å². The summed E-state index contributed by atoms with van der Waals surface area (Å²) in [5.41, 5.74) is 3.10. The second-order valence-electron chi connectivity index (χ2n) is 7.45. The minimum absolute atomic E-state index is 0.234. The van der Waals surface area contributed by atoms with Gasteiger partial charge < -0.3 is 15.4 Å². The van der Waals surface area contributed by atoms with E-state index in [2.05, 4.69) is 31.4 Å². The molecular formula is C21H18N8O2. The third-order valence-corrected chi connectivity index (χ3v) is 5.01. The number of rotatable bonds is 4. The molecule has 1 aromatic carbocycles. The van der Waals surface area contributed by atoms with Crippen LogP contribution in [-0.4, -0.2) is 35.7 Å². The Morgan fingerprint density at radius 2 is 2.19 bits per heavy atom. The number of aromatic hydroxyl groups is 1. The molecule has 5 rings (SSSR count). The van der Waals surface area contributed by atoms with E-state index in [0.29, 0.717) is 27.7 Å². The molecule has 0 spiro atoms. The highest BCUT2D eigenvalue weighted by molar-refractivity contribution is 5.63. The van der Waals surface area contributed by atoms with Gasteiger partial charge in [-0.1, -0.05) is 6.07 Å². The lowest BCUT2D eigenvalue weighted by Gasteiger charge is -2.08. The number of H-pyrrole nitrogens is 2. The molecule has 4 aromatic rings. The van der Waals surface area contributed by atoms with Crippen LogP contribution < -0.4 is 21.7 Å². The van der Waals surface area contributed by atoms with Crippen molar-refractivity contribution in [2.75, 3.05) is 5.32 Å². The van der Waals surface area contributed by atoms with Gasteiger partial charge in [-0.2, -0.15) is 14.9 Å². The quantitative estimate of drug-likeness (QED) is 0.391. The zero-order valence-corrected chi connectivity index (χ0v) is 16.5. The lowest BCUT2D eigenvalue weighted by molar-refractivity contribution is 0.454. The lowest BCUT2D eigenvalue weighted by Crippen LogP contribution is -2.19. The van der Waals surface area contributed by atoms with Crippen molar-refractivity contribution in [3.8, 4) is 11.9 Å². The van der Waals surface area contributed by atoms with Crippen LogP contribution >= 0.6 is 0 Å². The molecular weight excluding hydrogens is 396 g/mol. The van der Waals surface area contributed by atoms with Crippen LogP contribution in [-0.2, 0) is 0 Å². The molecule has 10 nitrogen and oxygen atoms in total. The number of fused-ring (bicyclic) bond motifs is 1. The van der Waals surface area contributed by atoms with Crippen LogP contribution in [0.2, 0.25) is 0 Å². The molecule has 4 N–H and O–H groups in total. The molecule has 10 heteroatoms. The molecule has 0 bridgehead atoms. The largest absolute Gasteiger partial charge is 0.493 e. The second kappa shape index (κ2) is 7.14.